The van der Waals surface area contributed by atoms with E-state index in [2.05, 4.69) is 5.32 Å². The van der Waals surface area contributed by atoms with Crippen molar-refractivity contribution in [2.45, 2.75) is 32.4 Å². The molecule has 0 fully saturated rings. The Balaban J connectivity index is 1.61. The number of carbonyl (C=O) groups is 2. The molecule has 2 N–H and O–H groups in total. The first-order valence-electron chi connectivity index (χ1n) is 10.2. The molecule has 0 radical (unpaired) electrons. The molecule has 3 rings (SSSR count). The van der Waals surface area contributed by atoms with Gasteiger partial charge in [-0.2, -0.15) is 0 Å². The lowest BCUT2D eigenvalue weighted by Gasteiger charge is -2.17. The lowest BCUT2D eigenvalue weighted by Crippen LogP contribution is -2.29. The van der Waals surface area contributed by atoms with E-state index in [4.69, 9.17) is 14.6 Å². The van der Waals surface area contributed by atoms with E-state index in [0.717, 1.165) is 5.56 Å². The molecule has 0 aliphatic heterocycles. The molecule has 0 aliphatic rings. The third-order valence-corrected chi connectivity index (χ3v) is 4.67. The molecule has 0 spiro atoms. The highest BCUT2D eigenvalue weighted by atomic mass is 19.1. The lowest BCUT2D eigenvalue weighted by molar-refractivity contribution is -0.137. The van der Waals surface area contributed by atoms with Crippen LogP contribution in [0.2, 0.25) is 0 Å². The fourth-order valence-electron chi connectivity index (χ4n) is 3.02. The summed E-state index contributed by atoms with van der Waals surface area (Å²) in [7, 11) is 0. The molecule has 3 aromatic carbocycles. The Morgan fingerprint density at radius 2 is 1.66 bits per heavy atom. The molecule has 0 unspecified atom stereocenters. The van der Waals surface area contributed by atoms with Gasteiger partial charge >= 0.3 is 5.97 Å². The van der Waals surface area contributed by atoms with Crippen molar-refractivity contribution in [1.82, 2.24) is 5.32 Å². The normalized spacial score (nSPS) is 11.4. The Bertz CT molecular complexity index is 1050. The molecular formula is C25H24FNO5. The number of hydrogen-bond donors (Lipinski definition) is 2. The second kappa shape index (κ2) is 10.9. The molecule has 0 bridgehead atoms. The van der Waals surface area contributed by atoms with E-state index in [1.165, 1.54) is 12.1 Å². The second-order valence-electron chi connectivity index (χ2n) is 7.13. The minimum absolute atomic E-state index is 0.202. The third kappa shape index (κ3) is 6.84. The number of benzene rings is 3. The standard InChI is InChI=1S/C25H24FNO5/c1-2-24(28)27-23(15-25(29)30)18-6-10-20(11-7-18)31-16-17-4-3-5-22(14-17)32-21-12-8-19(26)9-13-21/h3-14,23H,2,15-16H2,1H3,(H,27,28)(H,29,30)/t23-/m0/s1. The van der Waals surface area contributed by atoms with Crippen LogP contribution in [0.3, 0.4) is 0 Å². The van der Waals surface area contributed by atoms with Gasteiger partial charge in [0.15, 0.2) is 0 Å². The Morgan fingerprint density at radius 1 is 0.969 bits per heavy atom. The smallest absolute Gasteiger partial charge is 0.305 e. The van der Waals surface area contributed by atoms with Crippen LogP contribution in [0.15, 0.2) is 72.8 Å². The van der Waals surface area contributed by atoms with Gasteiger partial charge in [-0.15, -0.1) is 0 Å². The summed E-state index contributed by atoms with van der Waals surface area (Å²) >= 11 is 0. The van der Waals surface area contributed by atoms with Gasteiger partial charge in [0, 0.05) is 6.42 Å². The highest BCUT2D eigenvalue weighted by molar-refractivity contribution is 5.77. The molecule has 166 valence electrons. The quantitative estimate of drug-likeness (QED) is 0.453. The SMILES string of the molecule is CCC(=O)N[C@@H](CC(=O)O)c1ccc(OCc2cccc(Oc3ccc(F)cc3)c2)cc1. The molecule has 32 heavy (non-hydrogen) atoms. The average Bonchev–Trinajstić information content (AvgIpc) is 2.79. The van der Waals surface area contributed by atoms with Crippen LogP contribution in [-0.4, -0.2) is 17.0 Å². The summed E-state index contributed by atoms with van der Waals surface area (Å²) < 4.78 is 24.6. The molecule has 0 saturated heterocycles. The fraction of sp³-hybridized carbons (Fsp3) is 0.200. The van der Waals surface area contributed by atoms with Gasteiger partial charge in [-0.25, -0.2) is 4.39 Å². The molecule has 1 amide bonds. The summed E-state index contributed by atoms with van der Waals surface area (Å²) in [6.07, 6.45) is 0.0774. The van der Waals surface area contributed by atoms with Crippen molar-refractivity contribution in [3.63, 3.8) is 0 Å². The maximum Gasteiger partial charge on any atom is 0.305 e. The predicted molar refractivity (Wildman–Crippen MR) is 117 cm³/mol. The van der Waals surface area contributed by atoms with Gasteiger partial charge in [-0.1, -0.05) is 31.2 Å². The van der Waals surface area contributed by atoms with Crippen molar-refractivity contribution in [2.24, 2.45) is 0 Å². The summed E-state index contributed by atoms with van der Waals surface area (Å²) in [4.78, 5) is 22.8. The van der Waals surface area contributed by atoms with E-state index < -0.39 is 12.0 Å². The lowest BCUT2D eigenvalue weighted by atomic mass is 10.0. The molecule has 0 aliphatic carbocycles. The number of halogens is 1. The molecular weight excluding hydrogens is 413 g/mol. The number of aliphatic carboxylic acids is 1. The van der Waals surface area contributed by atoms with Crippen LogP contribution in [0.5, 0.6) is 17.2 Å². The maximum atomic E-state index is 13.0. The molecule has 0 aromatic heterocycles. The fourth-order valence-corrected chi connectivity index (χ4v) is 3.02. The summed E-state index contributed by atoms with van der Waals surface area (Å²) in [5, 5.41) is 11.8. The number of carbonyl (C=O) groups excluding carboxylic acids is 1. The van der Waals surface area contributed by atoms with E-state index in [1.807, 2.05) is 18.2 Å². The average molecular weight is 437 g/mol. The summed E-state index contributed by atoms with van der Waals surface area (Å²) in [6, 6.07) is 19.5. The minimum atomic E-state index is -0.991. The van der Waals surface area contributed by atoms with Crippen molar-refractivity contribution in [3.05, 3.63) is 89.7 Å². The van der Waals surface area contributed by atoms with Crippen molar-refractivity contribution in [1.29, 1.82) is 0 Å². The molecule has 0 saturated carbocycles. The Morgan fingerprint density at radius 3 is 2.31 bits per heavy atom. The zero-order valence-electron chi connectivity index (χ0n) is 17.6. The predicted octanol–water partition coefficient (Wildman–Crippen LogP) is 5.24. The van der Waals surface area contributed by atoms with Crippen LogP contribution in [0.4, 0.5) is 4.39 Å². The van der Waals surface area contributed by atoms with Gasteiger partial charge in [0.05, 0.1) is 12.5 Å². The van der Waals surface area contributed by atoms with Gasteiger partial charge in [0.1, 0.15) is 29.7 Å². The van der Waals surface area contributed by atoms with Crippen LogP contribution in [0.1, 0.15) is 36.9 Å². The monoisotopic (exact) mass is 437 g/mol. The van der Waals surface area contributed by atoms with Gasteiger partial charge in [0.25, 0.3) is 0 Å². The van der Waals surface area contributed by atoms with E-state index in [1.54, 1.807) is 49.4 Å². The Hall–Kier alpha value is -3.87. The first-order chi connectivity index (χ1) is 15.4. The zero-order chi connectivity index (χ0) is 22.9. The van der Waals surface area contributed by atoms with Crippen molar-refractivity contribution < 1.29 is 28.6 Å². The van der Waals surface area contributed by atoms with Crippen LogP contribution >= 0.6 is 0 Å². The number of ether oxygens (including phenoxy) is 2. The number of amides is 1. The highest BCUT2D eigenvalue weighted by Gasteiger charge is 2.17. The molecule has 3 aromatic rings. The summed E-state index contributed by atoms with van der Waals surface area (Å²) in [5.74, 6) is 0.221. The number of carboxylic acid groups (broad SMARTS) is 1. The molecule has 0 heterocycles. The second-order valence-corrected chi connectivity index (χ2v) is 7.13. The van der Waals surface area contributed by atoms with Gasteiger partial charge in [0.2, 0.25) is 5.91 Å². The van der Waals surface area contributed by atoms with Gasteiger partial charge < -0.3 is 19.9 Å². The number of carboxylic acids is 1. The number of nitrogens with one attached hydrogen (secondary N) is 1. The van der Waals surface area contributed by atoms with E-state index >= 15 is 0 Å². The first kappa shape index (κ1) is 22.8. The van der Waals surface area contributed by atoms with Crippen LogP contribution in [-0.2, 0) is 16.2 Å². The van der Waals surface area contributed by atoms with Crippen LogP contribution in [0, 0.1) is 5.82 Å². The first-order valence-corrected chi connectivity index (χ1v) is 10.2. The summed E-state index contributed by atoms with van der Waals surface area (Å²) in [6.45, 7) is 2.01. The Kier molecular flexibility index (Phi) is 7.80. The maximum absolute atomic E-state index is 13.0. The largest absolute Gasteiger partial charge is 0.489 e. The van der Waals surface area contributed by atoms with Crippen molar-refractivity contribution >= 4 is 11.9 Å². The number of hydrogen-bond acceptors (Lipinski definition) is 4. The molecule has 6 nitrogen and oxygen atoms in total. The van der Waals surface area contributed by atoms with E-state index in [9.17, 15) is 14.0 Å². The zero-order valence-corrected chi connectivity index (χ0v) is 17.6. The molecule has 7 heteroatoms. The highest BCUT2D eigenvalue weighted by Crippen LogP contribution is 2.24. The Labute approximate surface area is 185 Å². The van der Waals surface area contributed by atoms with Gasteiger partial charge in [-0.05, 0) is 59.7 Å². The molecule has 1 atom stereocenters. The van der Waals surface area contributed by atoms with Crippen LogP contribution in [0.25, 0.3) is 0 Å². The topological polar surface area (TPSA) is 84.9 Å². The van der Waals surface area contributed by atoms with E-state index in [0.29, 0.717) is 29.4 Å². The van der Waals surface area contributed by atoms with E-state index in [-0.39, 0.29) is 24.6 Å². The van der Waals surface area contributed by atoms with Crippen LogP contribution < -0.4 is 14.8 Å². The van der Waals surface area contributed by atoms with Crippen molar-refractivity contribution in [2.75, 3.05) is 0 Å². The van der Waals surface area contributed by atoms with Crippen molar-refractivity contribution in [3.8, 4) is 17.2 Å². The third-order valence-electron chi connectivity index (χ3n) is 4.67. The minimum Gasteiger partial charge on any atom is -0.489 e. The summed E-state index contributed by atoms with van der Waals surface area (Å²) in [5.41, 5.74) is 1.57. The van der Waals surface area contributed by atoms with Gasteiger partial charge in [-0.3, -0.25) is 9.59 Å². The number of rotatable bonds is 10.